The minimum atomic E-state index is -5.51. The van der Waals surface area contributed by atoms with Crippen molar-refractivity contribution in [2.24, 2.45) is 0 Å². The van der Waals surface area contributed by atoms with E-state index in [9.17, 15) is 31.5 Å². The summed E-state index contributed by atoms with van der Waals surface area (Å²) in [5, 5.41) is 1.56. The minimum Gasteiger partial charge on any atom is -0.276 e. The first-order valence-corrected chi connectivity index (χ1v) is 16.0. The molecule has 0 aromatic heterocycles. The summed E-state index contributed by atoms with van der Waals surface area (Å²) in [6.45, 7) is 0. The third kappa shape index (κ3) is 5.27. The Hall–Kier alpha value is -5.14. The molecule has 0 fully saturated rings. The molecule has 0 spiro atoms. The molecule has 220 valence electrons. The maximum Gasteiger partial charge on any atom is 0.365 e. The summed E-state index contributed by atoms with van der Waals surface area (Å²) in [6.07, 6.45) is 0. The van der Waals surface area contributed by atoms with Crippen LogP contribution in [0.5, 0.6) is 0 Å². The fraction of sp³-hybridized carbons (Fsp3) is 0. The predicted molar refractivity (Wildman–Crippen MR) is 170 cm³/mol. The van der Waals surface area contributed by atoms with Crippen molar-refractivity contribution in [3.8, 4) is 22.3 Å². The molecule has 0 aliphatic carbocycles. The van der Waals surface area contributed by atoms with Crippen molar-refractivity contribution in [2.45, 2.75) is 0 Å². The molecular formula is C32H24N4O6S2. The number of hydrazine groups is 2. The van der Waals surface area contributed by atoms with Crippen molar-refractivity contribution in [1.29, 1.82) is 0 Å². The lowest BCUT2D eigenvalue weighted by Crippen LogP contribution is -2.50. The minimum absolute atomic E-state index is 0.00183. The molecule has 0 aliphatic heterocycles. The van der Waals surface area contributed by atoms with Gasteiger partial charge in [0, 0.05) is 10.5 Å². The highest BCUT2D eigenvalue weighted by molar-refractivity contribution is 7.87. The second kappa shape index (κ2) is 11.2. The summed E-state index contributed by atoms with van der Waals surface area (Å²) in [5.74, 6) is 0. The van der Waals surface area contributed by atoms with E-state index in [1.54, 1.807) is 91.0 Å². The quantitative estimate of drug-likeness (QED) is 0.0800. The Balaban J connectivity index is 1.74. The van der Waals surface area contributed by atoms with E-state index < -0.39 is 20.6 Å². The molecule has 0 aliphatic rings. The second-order valence-electron chi connectivity index (χ2n) is 9.81. The topological polar surface area (TPSA) is 141 Å². The highest BCUT2D eigenvalue weighted by Gasteiger charge is 2.39. The Kier molecular flexibility index (Phi) is 7.35. The highest BCUT2D eigenvalue weighted by atomic mass is 32.2. The van der Waals surface area contributed by atoms with Crippen LogP contribution < -0.4 is 8.83 Å². The standard InChI is InChI=1S/C32H24N4O6S2/c33-36(34(43(37,38)39)30-21-11-18-23-14-7-9-19-27(23)30)35(44(40,41)42)32-28-20-10-8-17-26(28)22-29(24-12-3-1-4-13-24)31(32)25-15-5-2-6-16-25/h1-22H,(H,37,38,39)(H,40,41,42). The maximum atomic E-state index is 13.4. The Bertz CT molecular complexity index is 2260. The van der Waals surface area contributed by atoms with Gasteiger partial charge in [-0.2, -0.15) is 16.8 Å². The first-order chi connectivity index (χ1) is 21.1. The number of anilines is 2. The Morgan fingerprint density at radius 2 is 1.05 bits per heavy atom. The van der Waals surface area contributed by atoms with Crippen LogP contribution in [0.25, 0.3) is 49.3 Å². The zero-order valence-corrected chi connectivity index (χ0v) is 24.5. The van der Waals surface area contributed by atoms with Gasteiger partial charge in [-0.25, -0.2) is 0 Å². The van der Waals surface area contributed by atoms with Crippen molar-refractivity contribution in [3.05, 3.63) is 139 Å². The monoisotopic (exact) mass is 624 g/mol. The van der Waals surface area contributed by atoms with Crippen LogP contribution in [0.2, 0.25) is 0 Å². The highest BCUT2D eigenvalue weighted by Crippen LogP contribution is 2.46. The van der Waals surface area contributed by atoms with Crippen LogP contribution in [0.1, 0.15) is 0 Å². The lowest BCUT2D eigenvalue weighted by Gasteiger charge is -2.30. The fourth-order valence-electron chi connectivity index (χ4n) is 5.33. The summed E-state index contributed by atoms with van der Waals surface area (Å²) < 4.78 is 73.9. The summed E-state index contributed by atoms with van der Waals surface area (Å²) >= 11 is 0. The molecule has 2 N–H and O–H groups in total. The van der Waals surface area contributed by atoms with Crippen LogP contribution in [-0.2, 0) is 20.6 Å². The van der Waals surface area contributed by atoms with Gasteiger partial charge in [-0.1, -0.05) is 130 Å². The van der Waals surface area contributed by atoms with Gasteiger partial charge in [-0.05, 0) is 55.9 Å². The first kappa shape index (κ1) is 29.0. The van der Waals surface area contributed by atoms with E-state index in [2.05, 4.69) is 0 Å². The average Bonchev–Trinajstić information content (AvgIpc) is 3.00. The average molecular weight is 625 g/mol. The largest absolute Gasteiger partial charge is 0.365 e. The van der Waals surface area contributed by atoms with Crippen molar-refractivity contribution in [3.63, 3.8) is 0 Å². The smallest absolute Gasteiger partial charge is 0.276 e. The van der Waals surface area contributed by atoms with Crippen LogP contribution in [0, 0.1) is 0 Å². The SMILES string of the molecule is [N-]=[N+](N(c1cccc2ccccc12)S(=O)(=O)O)N(c1c(-c2ccccc2)c(-c2ccccc2)cc2ccccc12)S(=O)(=O)O. The van der Waals surface area contributed by atoms with Crippen molar-refractivity contribution >= 4 is 53.5 Å². The van der Waals surface area contributed by atoms with Gasteiger partial charge in [0.2, 0.25) is 0 Å². The molecule has 0 unspecified atom stereocenters. The molecule has 6 aromatic carbocycles. The van der Waals surface area contributed by atoms with Crippen molar-refractivity contribution < 1.29 is 30.9 Å². The van der Waals surface area contributed by atoms with Gasteiger partial charge in [0.15, 0.2) is 0 Å². The van der Waals surface area contributed by atoms with Gasteiger partial charge in [-0.15, -0.1) is 0 Å². The Morgan fingerprint density at radius 1 is 0.545 bits per heavy atom. The number of hydrogen-bond acceptors (Lipinski definition) is 4. The van der Waals surface area contributed by atoms with E-state index >= 15 is 0 Å². The number of hydrogen-bond donors (Lipinski definition) is 2. The number of nitrogens with zero attached hydrogens (tertiary/aromatic N) is 4. The van der Waals surface area contributed by atoms with E-state index in [0.29, 0.717) is 27.5 Å². The van der Waals surface area contributed by atoms with E-state index in [4.69, 9.17) is 0 Å². The Morgan fingerprint density at radius 3 is 1.66 bits per heavy atom. The number of benzene rings is 6. The molecule has 0 atom stereocenters. The van der Waals surface area contributed by atoms with Gasteiger partial charge in [-0.3, -0.25) is 9.11 Å². The zero-order chi connectivity index (χ0) is 31.1. The molecule has 44 heavy (non-hydrogen) atoms. The molecule has 0 radical (unpaired) electrons. The predicted octanol–water partition coefficient (Wildman–Crippen LogP) is 7.11. The number of rotatable bonds is 8. The van der Waals surface area contributed by atoms with Crippen LogP contribution in [0.3, 0.4) is 0 Å². The summed E-state index contributed by atoms with van der Waals surface area (Å²) in [6, 6.07) is 37.2. The van der Waals surface area contributed by atoms with Crippen molar-refractivity contribution in [2.75, 3.05) is 8.83 Å². The summed E-state index contributed by atoms with van der Waals surface area (Å²) in [5.41, 5.74) is 13.1. The third-order valence-corrected chi connectivity index (χ3v) is 8.64. The van der Waals surface area contributed by atoms with Gasteiger partial charge < -0.3 is 0 Å². The molecule has 0 saturated heterocycles. The molecule has 12 heteroatoms. The third-order valence-electron chi connectivity index (χ3n) is 7.10. The van der Waals surface area contributed by atoms with E-state index in [0.717, 1.165) is 0 Å². The van der Waals surface area contributed by atoms with Crippen LogP contribution >= 0.6 is 0 Å². The van der Waals surface area contributed by atoms with Crippen LogP contribution in [-0.4, -0.2) is 30.9 Å². The molecular weight excluding hydrogens is 601 g/mol. The summed E-state index contributed by atoms with van der Waals surface area (Å²) in [7, 11) is -10.9. The van der Waals surface area contributed by atoms with Gasteiger partial charge in [0.05, 0.1) is 11.4 Å². The molecule has 6 aromatic rings. The molecule has 0 saturated carbocycles. The molecule has 10 nitrogen and oxygen atoms in total. The maximum absolute atomic E-state index is 13.4. The number of fused-ring (bicyclic) bond motifs is 2. The summed E-state index contributed by atoms with van der Waals surface area (Å²) in [4.78, 5) is -0.310. The van der Waals surface area contributed by atoms with E-state index in [1.165, 1.54) is 18.2 Å². The molecule has 0 heterocycles. The first-order valence-electron chi connectivity index (χ1n) is 13.2. The van der Waals surface area contributed by atoms with Gasteiger partial charge in [0.1, 0.15) is 0 Å². The fourth-order valence-corrected chi connectivity index (χ4v) is 6.72. The van der Waals surface area contributed by atoms with Gasteiger partial charge in [0.25, 0.3) is 0 Å². The lowest BCUT2D eigenvalue weighted by atomic mass is 9.89. The van der Waals surface area contributed by atoms with Crippen molar-refractivity contribution in [1.82, 2.24) is 0 Å². The van der Waals surface area contributed by atoms with Crippen LogP contribution in [0.15, 0.2) is 133 Å². The second-order valence-corrected chi connectivity index (χ2v) is 12.3. The van der Waals surface area contributed by atoms with E-state index in [-0.39, 0.29) is 41.5 Å². The zero-order valence-electron chi connectivity index (χ0n) is 22.8. The van der Waals surface area contributed by atoms with Gasteiger partial charge >= 0.3 is 20.6 Å². The molecule has 0 amide bonds. The Labute approximate surface area is 253 Å². The molecule has 0 bridgehead atoms. The van der Waals surface area contributed by atoms with E-state index in [1.807, 2.05) is 24.3 Å². The van der Waals surface area contributed by atoms with Crippen LogP contribution in [0.4, 0.5) is 11.4 Å². The normalized spacial score (nSPS) is 11.9. The molecule has 6 rings (SSSR count). The lowest BCUT2D eigenvalue weighted by molar-refractivity contribution is -0.540.